The van der Waals surface area contributed by atoms with E-state index in [-0.39, 0.29) is 11.6 Å². The second-order valence-electron chi connectivity index (χ2n) is 5.87. The number of carbonyl (C=O) groups is 1. The van der Waals surface area contributed by atoms with Gasteiger partial charge in [-0.1, -0.05) is 12.1 Å². The predicted octanol–water partition coefficient (Wildman–Crippen LogP) is 2.53. The summed E-state index contributed by atoms with van der Waals surface area (Å²) >= 11 is 0. The van der Waals surface area contributed by atoms with Gasteiger partial charge in [-0.3, -0.25) is 4.79 Å². The summed E-state index contributed by atoms with van der Waals surface area (Å²) in [6, 6.07) is 7.40. The van der Waals surface area contributed by atoms with Gasteiger partial charge < -0.3 is 10.6 Å². The van der Waals surface area contributed by atoms with Crippen LogP contribution < -0.4 is 10.6 Å². The summed E-state index contributed by atoms with van der Waals surface area (Å²) in [4.78, 5) is 20.4. The highest BCUT2D eigenvalue weighted by Crippen LogP contribution is 2.17. The second kappa shape index (κ2) is 7.60. The van der Waals surface area contributed by atoms with Gasteiger partial charge >= 0.3 is 0 Å². The minimum atomic E-state index is -2.02. The SMILES string of the molecule is CNc1cnc(C(=O)Nc2cccc(CN=S3(=O)CCCC3)c2)cn1. The molecule has 3 rings (SSSR count). The molecular weight excluding hydrogens is 338 g/mol. The lowest BCUT2D eigenvalue weighted by Crippen LogP contribution is -2.14. The number of nitrogens with one attached hydrogen (secondary N) is 2. The topological polar surface area (TPSA) is 96.3 Å². The zero-order valence-electron chi connectivity index (χ0n) is 14.1. The zero-order chi connectivity index (χ0) is 17.7. The van der Waals surface area contributed by atoms with Gasteiger partial charge in [-0.25, -0.2) is 18.5 Å². The van der Waals surface area contributed by atoms with Crippen molar-refractivity contribution >= 4 is 27.1 Å². The van der Waals surface area contributed by atoms with Crippen molar-refractivity contribution in [2.24, 2.45) is 4.36 Å². The van der Waals surface area contributed by atoms with Gasteiger partial charge in [0.1, 0.15) is 11.5 Å². The number of hydrogen-bond donors (Lipinski definition) is 2. The number of benzene rings is 1. The molecule has 2 aromatic rings. The molecule has 1 amide bonds. The van der Waals surface area contributed by atoms with Crippen LogP contribution in [0.3, 0.4) is 0 Å². The molecule has 1 aliphatic rings. The van der Waals surface area contributed by atoms with Crippen LogP contribution in [0.1, 0.15) is 28.9 Å². The predicted molar refractivity (Wildman–Crippen MR) is 99.2 cm³/mol. The van der Waals surface area contributed by atoms with E-state index in [0.29, 0.717) is 29.6 Å². The van der Waals surface area contributed by atoms with Gasteiger partial charge in [0.2, 0.25) is 0 Å². The van der Waals surface area contributed by atoms with E-state index in [4.69, 9.17) is 0 Å². The third-order valence-electron chi connectivity index (χ3n) is 3.98. The van der Waals surface area contributed by atoms with Gasteiger partial charge in [0.15, 0.2) is 0 Å². The quantitative estimate of drug-likeness (QED) is 0.855. The van der Waals surface area contributed by atoms with Crippen LogP contribution in [-0.4, -0.2) is 38.6 Å². The molecule has 0 bridgehead atoms. The third kappa shape index (κ3) is 4.54. The van der Waals surface area contributed by atoms with Crippen molar-refractivity contribution in [3.05, 3.63) is 47.9 Å². The van der Waals surface area contributed by atoms with E-state index in [9.17, 15) is 9.00 Å². The monoisotopic (exact) mass is 359 g/mol. The van der Waals surface area contributed by atoms with Crippen LogP contribution in [0.25, 0.3) is 0 Å². The largest absolute Gasteiger partial charge is 0.372 e. The Morgan fingerprint density at radius 2 is 2.04 bits per heavy atom. The van der Waals surface area contributed by atoms with Crippen LogP contribution in [0, 0.1) is 0 Å². The Kier molecular flexibility index (Phi) is 5.28. The number of aromatic nitrogens is 2. The highest BCUT2D eigenvalue weighted by Gasteiger charge is 2.15. The van der Waals surface area contributed by atoms with Gasteiger partial charge in [-0.05, 0) is 30.5 Å². The molecule has 0 unspecified atom stereocenters. The smallest absolute Gasteiger partial charge is 0.275 e. The Morgan fingerprint density at radius 1 is 1.24 bits per heavy atom. The van der Waals surface area contributed by atoms with E-state index in [2.05, 4.69) is 25.0 Å². The van der Waals surface area contributed by atoms with Gasteiger partial charge in [-0.2, -0.15) is 0 Å². The van der Waals surface area contributed by atoms with Crippen LogP contribution >= 0.6 is 0 Å². The third-order valence-corrected chi connectivity index (χ3v) is 6.44. The first kappa shape index (κ1) is 17.3. The fraction of sp³-hybridized carbons (Fsp3) is 0.353. The van der Waals surface area contributed by atoms with E-state index in [0.717, 1.165) is 18.4 Å². The van der Waals surface area contributed by atoms with Crippen molar-refractivity contribution < 1.29 is 9.00 Å². The summed E-state index contributed by atoms with van der Waals surface area (Å²) in [6.07, 6.45) is 4.91. The van der Waals surface area contributed by atoms with Gasteiger partial charge in [0, 0.05) is 34.0 Å². The van der Waals surface area contributed by atoms with E-state index < -0.39 is 9.73 Å². The Balaban J connectivity index is 1.68. The molecule has 0 atom stereocenters. The first-order chi connectivity index (χ1) is 12.1. The lowest BCUT2D eigenvalue weighted by Gasteiger charge is -2.07. The Morgan fingerprint density at radius 3 is 2.72 bits per heavy atom. The molecule has 1 aromatic heterocycles. The van der Waals surface area contributed by atoms with Crippen molar-refractivity contribution in [2.45, 2.75) is 19.4 Å². The van der Waals surface area contributed by atoms with Crippen LogP contribution in [0.15, 0.2) is 41.0 Å². The average Bonchev–Trinajstić information content (AvgIpc) is 3.07. The van der Waals surface area contributed by atoms with Crippen molar-refractivity contribution in [1.29, 1.82) is 0 Å². The van der Waals surface area contributed by atoms with E-state index >= 15 is 0 Å². The fourth-order valence-corrected chi connectivity index (χ4v) is 4.75. The number of carbonyl (C=O) groups excluding carboxylic acids is 1. The average molecular weight is 359 g/mol. The first-order valence-electron chi connectivity index (χ1n) is 8.16. The highest BCUT2D eigenvalue weighted by atomic mass is 32.2. The molecular formula is C17H21N5O2S. The first-order valence-corrected chi connectivity index (χ1v) is 10.0. The highest BCUT2D eigenvalue weighted by molar-refractivity contribution is 7.93. The molecule has 1 saturated heterocycles. The molecule has 132 valence electrons. The summed E-state index contributed by atoms with van der Waals surface area (Å²) in [7, 11) is -0.288. The Hall–Kier alpha value is -2.48. The maximum Gasteiger partial charge on any atom is 0.275 e. The zero-order valence-corrected chi connectivity index (χ0v) is 14.9. The van der Waals surface area contributed by atoms with Gasteiger partial charge in [-0.15, -0.1) is 0 Å². The minimum Gasteiger partial charge on any atom is -0.372 e. The summed E-state index contributed by atoms with van der Waals surface area (Å²) in [5.74, 6) is 1.67. The maximum absolute atomic E-state index is 12.4. The number of anilines is 2. The van der Waals surface area contributed by atoms with Gasteiger partial charge in [0.05, 0.1) is 18.9 Å². The number of nitrogens with zero attached hydrogens (tertiary/aromatic N) is 3. The van der Waals surface area contributed by atoms with Crippen molar-refractivity contribution in [2.75, 3.05) is 29.2 Å². The molecule has 1 aromatic carbocycles. The molecule has 7 nitrogen and oxygen atoms in total. The van der Waals surface area contributed by atoms with Crippen molar-refractivity contribution in [3.63, 3.8) is 0 Å². The molecule has 8 heteroatoms. The lowest BCUT2D eigenvalue weighted by molar-refractivity contribution is 0.102. The molecule has 1 aliphatic heterocycles. The molecule has 0 radical (unpaired) electrons. The standard InChI is InChI=1S/C17H21N5O2S/c1-18-16-12-19-15(11-20-16)17(23)22-14-6-4-5-13(9-14)10-21-25(24)7-2-3-8-25/h4-6,9,11-12H,2-3,7-8,10H2,1H3,(H,18,20)(H,22,23). The van der Waals surface area contributed by atoms with E-state index in [1.54, 1.807) is 13.1 Å². The van der Waals surface area contributed by atoms with E-state index in [1.165, 1.54) is 12.4 Å². The summed E-state index contributed by atoms with van der Waals surface area (Å²) in [5.41, 5.74) is 1.81. The van der Waals surface area contributed by atoms with Crippen LogP contribution in [-0.2, 0) is 16.3 Å². The van der Waals surface area contributed by atoms with Crippen molar-refractivity contribution in [1.82, 2.24) is 9.97 Å². The molecule has 2 heterocycles. The number of rotatable bonds is 5. The van der Waals surface area contributed by atoms with Crippen molar-refractivity contribution in [3.8, 4) is 0 Å². The van der Waals surface area contributed by atoms with Crippen LogP contribution in [0.2, 0.25) is 0 Å². The molecule has 0 spiro atoms. The summed E-state index contributed by atoms with van der Waals surface area (Å²) in [5, 5.41) is 5.65. The second-order valence-corrected chi connectivity index (χ2v) is 8.49. The van der Waals surface area contributed by atoms with Crippen LogP contribution in [0.5, 0.6) is 0 Å². The minimum absolute atomic E-state index is 0.239. The molecule has 2 N–H and O–H groups in total. The maximum atomic E-state index is 12.4. The Labute approximate surface area is 147 Å². The lowest BCUT2D eigenvalue weighted by atomic mass is 10.2. The van der Waals surface area contributed by atoms with Crippen LogP contribution in [0.4, 0.5) is 11.5 Å². The number of hydrogen-bond acceptors (Lipinski definition) is 6. The Bertz CT molecular complexity index is 861. The normalized spacial score (nSPS) is 15.6. The van der Waals surface area contributed by atoms with Gasteiger partial charge in [0.25, 0.3) is 5.91 Å². The number of amides is 1. The van der Waals surface area contributed by atoms with E-state index in [1.807, 2.05) is 18.2 Å². The summed E-state index contributed by atoms with van der Waals surface area (Å²) < 4.78 is 16.8. The molecule has 25 heavy (non-hydrogen) atoms. The molecule has 0 saturated carbocycles. The molecule has 1 fully saturated rings. The summed E-state index contributed by atoms with van der Waals surface area (Å²) in [6.45, 7) is 0.402. The fourth-order valence-electron chi connectivity index (χ4n) is 2.60. The molecule has 0 aliphatic carbocycles.